The minimum atomic E-state index is -1.34. The van der Waals surface area contributed by atoms with Crippen LogP contribution in [-0.2, 0) is 0 Å². The third-order valence-electron chi connectivity index (χ3n) is 2.44. The molecule has 0 bridgehead atoms. The van der Waals surface area contributed by atoms with Crippen LogP contribution in [0.5, 0.6) is 0 Å². The Labute approximate surface area is 106 Å². The Morgan fingerprint density at radius 3 is 2.74 bits per heavy atom. The highest BCUT2D eigenvalue weighted by atomic mass is 19.1. The summed E-state index contributed by atoms with van der Waals surface area (Å²) in [5.74, 6) is -3.04. The number of aromatic carboxylic acids is 1. The molecule has 0 spiro atoms. The normalized spacial score (nSPS) is 10.2. The molecule has 0 radical (unpaired) electrons. The molecule has 1 heterocycles. The first-order chi connectivity index (χ1) is 9.00. The van der Waals surface area contributed by atoms with Crippen LogP contribution in [0.2, 0.25) is 0 Å². The fourth-order valence-corrected chi connectivity index (χ4v) is 1.51. The lowest BCUT2D eigenvalue weighted by Gasteiger charge is -2.08. The summed E-state index contributed by atoms with van der Waals surface area (Å²) in [5.41, 5.74) is -0.285. The van der Waals surface area contributed by atoms with Gasteiger partial charge in [0, 0.05) is 5.56 Å². The molecule has 0 aliphatic heterocycles. The van der Waals surface area contributed by atoms with Gasteiger partial charge in [0.15, 0.2) is 0 Å². The third kappa shape index (κ3) is 2.44. The largest absolute Gasteiger partial charge is 0.478 e. The summed E-state index contributed by atoms with van der Waals surface area (Å²) in [7, 11) is 0. The van der Waals surface area contributed by atoms with Crippen LogP contribution < -0.4 is 5.32 Å². The topological polar surface area (TPSA) is 92.4 Å². The highest BCUT2D eigenvalue weighted by Crippen LogP contribution is 2.21. The Kier molecular flexibility index (Phi) is 3.28. The minimum Gasteiger partial charge on any atom is -0.478 e. The number of para-hydroxylation sites is 1. The molecule has 2 aromatic rings. The highest BCUT2D eigenvalue weighted by Gasteiger charge is 2.20. The lowest BCUT2D eigenvalue weighted by molar-refractivity contribution is 0.0697. The molecule has 2 rings (SSSR count). The Morgan fingerprint density at radius 1 is 1.42 bits per heavy atom. The monoisotopic (exact) mass is 264 g/mol. The van der Waals surface area contributed by atoms with E-state index in [1.54, 1.807) is 6.92 Å². The molecule has 0 saturated heterocycles. The number of benzene rings is 1. The first kappa shape index (κ1) is 12.7. The Hall–Kier alpha value is -2.70. The van der Waals surface area contributed by atoms with E-state index in [2.05, 4.69) is 10.5 Å². The Morgan fingerprint density at radius 2 is 2.16 bits per heavy atom. The van der Waals surface area contributed by atoms with Gasteiger partial charge in [-0.25, -0.2) is 9.18 Å². The molecule has 98 valence electrons. The molecule has 7 heteroatoms. The summed E-state index contributed by atoms with van der Waals surface area (Å²) >= 11 is 0. The molecule has 0 fully saturated rings. The van der Waals surface area contributed by atoms with Crippen molar-refractivity contribution in [3.05, 3.63) is 47.1 Å². The maximum atomic E-state index is 13.6. The zero-order valence-corrected chi connectivity index (χ0v) is 9.81. The van der Waals surface area contributed by atoms with Crippen molar-refractivity contribution in [2.24, 2.45) is 0 Å². The molecule has 0 saturated carbocycles. The average molecular weight is 264 g/mol. The van der Waals surface area contributed by atoms with E-state index in [4.69, 9.17) is 9.63 Å². The van der Waals surface area contributed by atoms with E-state index < -0.39 is 23.4 Å². The third-order valence-corrected chi connectivity index (χ3v) is 2.44. The van der Waals surface area contributed by atoms with E-state index in [1.807, 2.05) is 0 Å². The predicted octanol–water partition coefficient (Wildman–Crippen LogP) is 2.07. The number of hydrogen-bond donors (Lipinski definition) is 2. The summed E-state index contributed by atoms with van der Waals surface area (Å²) in [5, 5.41) is 14.5. The van der Waals surface area contributed by atoms with Crippen LogP contribution in [0.15, 0.2) is 28.9 Å². The number of carbonyl (C=O) groups is 2. The first-order valence-electron chi connectivity index (χ1n) is 5.25. The van der Waals surface area contributed by atoms with E-state index in [-0.39, 0.29) is 11.3 Å². The SMILES string of the molecule is Cc1cnoc1C(=O)Nc1c(F)cccc1C(=O)O. The van der Waals surface area contributed by atoms with Gasteiger partial charge >= 0.3 is 5.97 Å². The van der Waals surface area contributed by atoms with Gasteiger partial charge in [-0.15, -0.1) is 0 Å². The lowest BCUT2D eigenvalue weighted by Crippen LogP contribution is -2.16. The molecule has 2 N–H and O–H groups in total. The number of aromatic nitrogens is 1. The zero-order chi connectivity index (χ0) is 14.0. The number of aryl methyl sites for hydroxylation is 1. The Balaban J connectivity index is 2.36. The van der Waals surface area contributed by atoms with Crippen LogP contribution in [-0.4, -0.2) is 22.1 Å². The van der Waals surface area contributed by atoms with Crippen molar-refractivity contribution in [3.63, 3.8) is 0 Å². The number of anilines is 1. The fourth-order valence-electron chi connectivity index (χ4n) is 1.51. The van der Waals surface area contributed by atoms with Crippen LogP contribution in [0.3, 0.4) is 0 Å². The van der Waals surface area contributed by atoms with Gasteiger partial charge < -0.3 is 14.9 Å². The molecule has 1 aromatic carbocycles. The van der Waals surface area contributed by atoms with Gasteiger partial charge in [-0.3, -0.25) is 4.79 Å². The molecular weight excluding hydrogens is 255 g/mol. The zero-order valence-electron chi connectivity index (χ0n) is 9.81. The second-order valence-corrected chi connectivity index (χ2v) is 3.76. The van der Waals surface area contributed by atoms with Gasteiger partial charge in [0.05, 0.1) is 17.4 Å². The second kappa shape index (κ2) is 4.89. The van der Waals surface area contributed by atoms with Crippen molar-refractivity contribution in [1.82, 2.24) is 5.16 Å². The predicted molar refractivity (Wildman–Crippen MR) is 62.6 cm³/mol. The number of carbonyl (C=O) groups excluding carboxylic acids is 1. The molecule has 19 heavy (non-hydrogen) atoms. The first-order valence-corrected chi connectivity index (χ1v) is 5.25. The number of nitrogens with one attached hydrogen (secondary N) is 1. The summed E-state index contributed by atoms with van der Waals surface area (Å²) in [4.78, 5) is 22.8. The molecule has 0 aliphatic rings. The van der Waals surface area contributed by atoms with E-state index in [0.717, 1.165) is 6.07 Å². The highest BCUT2D eigenvalue weighted by molar-refractivity contribution is 6.06. The van der Waals surface area contributed by atoms with Gasteiger partial charge in [-0.1, -0.05) is 11.2 Å². The van der Waals surface area contributed by atoms with Crippen LogP contribution in [0, 0.1) is 12.7 Å². The van der Waals surface area contributed by atoms with Gasteiger partial charge in [0.2, 0.25) is 5.76 Å². The average Bonchev–Trinajstić information content (AvgIpc) is 2.77. The number of amides is 1. The van der Waals surface area contributed by atoms with Crippen molar-refractivity contribution in [2.75, 3.05) is 5.32 Å². The molecule has 0 unspecified atom stereocenters. The van der Waals surface area contributed by atoms with Crippen LogP contribution >= 0.6 is 0 Å². The van der Waals surface area contributed by atoms with Crippen LogP contribution in [0.4, 0.5) is 10.1 Å². The number of halogens is 1. The maximum Gasteiger partial charge on any atom is 0.337 e. The lowest BCUT2D eigenvalue weighted by atomic mass is 10.1. The molecule has 1 aromatic heterocycles. The number of rotatable bonds is 3. The second-order valence-electron chi connectivity index (χ2n) is 3.76. The van der Waals surface area contributed by atoms with Crippen molar-refractivity contribution >= 4 is 17.6 Å². The molecule has 6 nitrogen and oxygen atoms in total. The van der Waals surface area contributed by atoms with Gasteiger partial charge in [-0.05, 0) is 19.1 Å². The van der Waals surface area contributed by atoms with Crippen molar-refractivity contribution in [3.8, 4) is 0 Å². The number of nitrogens with zero attached hydrogens (tertiary/aromatic N) is 1. The van der Waals surface area contributed by atoms with E-state index in [0.29, 0.717) is 5.56 Å². The van der Waals surface area contributed by atoms with Crippen molar-refractivity contribution < 1.29 is 23.6 Å². The van der Waals surface area contributed by atoms with Crippen molar-refractivity contribution in [1.29, 1.82) is 0 Å². The summed E-state index contributed by atoms with van der Waals surface area (Å²) in [6, 6.07) is 3.48. The Bertz CT molecular complexity index is 651. The maximum absolute atomic E-state index is 13.6. The van der Waals surface area contributed by atoms with Gasteiger partial charge in [0.25, 0.3) is 5.91 Å². The quantitative estimate of drug-likeness (QED) is 0.885. The summed E-state index contributed by atoms with van der Waals surface area (Å²) in [6.45, 7) is 1.59. The number of carboxylic acid groups (broad SMARTS) is 1. The van der Waals surface area contributed by atoms with Crippen molar-refractivity contribution in [2.45, 2.75) is 6.92 Å². The van der Waals surface area contributed by atoms with Crippen LogP contribution in [0.25, 0.3) is 0 Å². The summed E-state index contributed by atoms with van der Waals surface area (Å²) in [6.07, 6.45) is 1.33. The fraction of sp³-hybridized carbons (Fsp3) is 0.0833. The number of hydrogen-bond acceptors (Lipinski definition) is 4. The van der Waals surface area contributed by atoms with Gasteiger partial charge in [-0.2, -0.15) is 0 Å². The van der Waals surface area contributed by atoms with Gasteiger partial charge in [0.1, 0.15) is 5.82 Å². The summed E-state index contributed by atoms with van der Waals surface area (Å²) < 4.78 is 18.3. The smallest absolute Gasteiger partial charge is 0.337 e. The molecule has 0 aliphatic carbocycles. The molecular formula is C12H9FN2O4. The number of carboxylic acids is 1. The minimum absolute atomic E-state index is 0.0976. The standard InChI is InChI=1S/C12H9FN2O4/c1-6-5-14-19-10(6)11(16)15-9-7(12(17)18)3-2-4-8(9)13/h2-5H,1H3,(H,15,16)(H,17,18). The molecule has 0 atom stereocenters. The van der Waals surface area contributed by atoms with E-state index in [9.17, 15) is 14.0 Å². The molecule has 1 amide bonds. The van der Waals surface area contributed by atoms with E-state index >= 15 is 0 Å². The van der Waals surface area contributed by atoms with E-state index in [1.165, 1.54) is 18.3 Å². The van der Waals surface area contributed by atoms with Crippen LogP contribution in [0.1, 0.15) is 26.5 Å².